The van der Waals surface area contributed by atoms with Gasteiger partial charge >= 0.3 is 12.4 Å². The third-order valence-electron chi connectivity index (χ3n) is 16.7. The lowest BCUT2D eigenvalue weighted by atomic mass is 9.78. The summed E-state index contributed by atoms with van der Waals surface area (Å²) in [6.45, 7) is 22.4. The fraction of sp³-hybridized carbons (Fsp3) is 0.194. The van der Waals surface area contributed by atoms with Gasteiger partial charge in [0.15, 0.2) is 0 Å². The summed E-state index contributed by atoms with van der Waals surface area (Å²) in [4.78, 5) is 0. The molecule has 0 saturated carbocycles. The van der Waals surface area contributed by atoms with Crippen LogP contribution in [0.15, 0.2) is 158 Å². The third-order valence-corrected chi connectivity index (χ3v) is 16.7. The maximum Gasteiger partial charge on any atom is 0.416 e. The largest absolute Gasteiger partial charge is 0.416 e. The molecular formula is C72H56F6. The van der Waals surface area contributed by atoms with E-state index >= 15 is 0 Å². The Kier molecular flexibility index (Phi) is 10.7. The zero-order valence-corrected chi connectivity index (χ0v) is 45.3. The topological polar surface area (TPSA) is 0 Å². The fourth-order valence-corrected chi connectivity index (χ4v) is 14.5. The molecule has 0 saturated heterocycles. The van der Waals surface area contributed by atoms with E-state index in [9.17, 15) is 26.3 Å². The first-order chi connectivity index (χ1) is 36.9. The van der Waals surface area contributed by atoms with Gasteiger partial charge in [0.1, 0.15) is 0 Å². The second kappa shape index (κ2) is 16.8. The molecule has 6 heteroatoms. The van der Waals surface area contributed by atoms with E-state index in [1.54, 1.807) is 12.1 Å². The monoisotopic (exact) mass is 1030 g/mol. The first-order valence-corrected chi connectivity index (χ1v) is 26.7. The van der Waals surface area contributed by atoms with Crippen molar-refractivity contribution in [3.8, 4) is 44.5 Å². The predicted octanol–water partition coefficient (Wildman–Crippen LogP) is 20.6. The SMILES string of the molecule is Cc1cc(-c2c3c(c(-c4cc(C)c(C(C)(C)C)c(C)c4)c4cc5ccccc5cc24)=c2ccc4c5c(ccc=3c25)=c2c(-c3cccc(C(F)(F)F)c3)c3ccccc3c(-c3cccc(C(F)(F)F)c3)c2=4)cc(C)c1C(C)(C)C. The van der Waals surface area contributed by atoms with Crippen LogP contribution in [0.5, 0.6) is 0 Å². The van der Waals surface area contributed by atoms with E-state index in [-0.39, 0.29) is 10.8 Å². The van der Waals surface area contributed by atoms with E-state index < -0.39 is 23.5 Å². The molecule has 0 amide bonds. The summed E-state index contributed by atoms with van der Waals surface area (Å²) in [7, 11) is 0. The van der Waals surface area contributed by atoms with Gasteiger partial charge in [-0.1, -0.05) is 163 Å². The first-order valence-electron chi connectivity index (χ1n) is 26.7. The highest BCUT2D eigenvalue weighted by atomic mass is 19.4. The molecule has 2 aliphatic rings. The van der Waals surface area contributed by atoms with Crippen molar-refractivity contribution in [1.82, 2.24) is 0 Å². The molecule has 11 aromatic rings. The Labute approximate surface area is 448 Å². The molecule has 386 valence electrons. The van der Waals surface area contributed by atoms with Crippen molar-refractivity contribution >= 4 is 43.1 Å². The number of alkyl halides is 6. The molecule has 0 N–H and O–H groups in total. The quantitative estimate of drug-likeness (QED) is 0.122. The molecule has 0 fully saturated rings. The normalized spacial score (nSPS) is 13.1. The summed E-state index contributed by atoms with van der Waals surface area (Å²) < 4.78 is 88.5. The Morgan fingerprint density at radius 3 is 0.910 bits per heavy atom. The molecule has 78 heavy (non-hydrogen) atoms. The molecule has 11 aromatic carbocycles. The molecule has 0 bridgehead atoms. The van der Waals surface area contributed by atoms with E-state index in [1.165, 1.54) is 57.6 Å². The Bertz CT molecular complexity index is 4580. The second-order valence-corrected chi connectivity index (χ2v) is 24.0. The van der Waals surface area contributed by atoms with Crippen LogP contribution in [-0.4, -0.2) is 0 Å². The van der Waals surface area contributed by atoms with Crippen LogP contribution in [0.1, 0.15) is 86.1 Å². The first kappa shape index (κ1) is 49.6. The number of aryl methyl sites for hydroxylation is 4. The standard InChI is InChI=1S/C72H56F6/c1-37-29-45(30-38(2)67(37)69(5,6)7)59-55-35-41-17-11-12-18-42(41)36-56(55)60(46-31-39(3)68(40(4)32-46)70(8,9)10)66-54-28-26-52-61-51(25-27-53(62(54)61)65(59)66)63-57(43-19-15-21-47(33-43)71(73,74)75)49-23-13-14-24-50(49)58(64(52)63)44-20-16-22-48(34-44)72(76,77)78/h11-36H,1-10H3. The van der Waals surface area contributed by atoms with Gasteiger partial charge in [0.05, 0.1) is 11.1 Å². The summed E-state index contributed by atoms with van der Waals surface area (Å²) in [6.07, 6.45) is -9.24. The molecular weight excluding hydrogens is 979 g/mol. The second-order valence-electron chi connectivity index (χ2n) is 24.0. The molecule has 0 aliphatic heterocycles. The van der Waals surface area contributed by atoms with Crippen molar-refractivity contribution in [1.29, 1.82) is 0 Å². The fourth-order valence-electron chi connectivity index (χ4n) is 14.5. The van der Waals surface area contributed by atoms with Crippen LogP contribution in [0.4, 0.5) is 26.3 Å². The number of hydrogen-bond donors (Lipinski definition) is 0. The molecule has 13 rings (SSSR count). The minimum Gasteiger partial charge on any atom is -0.166 e. The molecule has 0 spiro atoms. The van der Waals surface area contributed by atoms with Gasteiger partial charge < -0.3 is 0 Å². The summed E-state index contributed by atoms with van der Waals surface area (Å²) >= 11 is 0. The van der Waals surface area contributed by atoms with Crippen LogP contribution in [0, 0.1) is 69.4 Å². The number of fused-ring (bicyclic) bond motifs is 5. The lowest BCUT2D eigenvalue weighted by molar-refractivity contribution is -0.138. The third kappa shape index (κ3) is 7.35. The van der Waals surface area contributed by atoms with Crippen molar-refractivity contribution in [3.63, 3.8) is 0 Å². The zero-order valence-electron chi connectivity index (χ0n) is 45.3. The minimum atomic E-state index is -4.62. The maximum atomic E-state index is 14.8. The van der Waals surface area contributed by atoms with Crippen molar-refractivity contribution in [2.45, 2.75) is 92.4 Å². The van der Waals surface area contributed by atoms with Gasteiger partial charge in [0.25, 0.3) is 0 Å². The molecule has 0 unspecified atom stereocenters. The predicted molar refractivity (Wildman–Crippen MR) is 308 cm³/mol. The van der Waals surface area contributed by atoms with Crippen LogP contribution in [0.3, 0.4) is 0 Å². The lowest BCUT2D eigenvalue weighted by Gasteiger charge is -2.26. The zero-order chi connectivity index (χ0) is 54.9. The lowest BCUT2D eigenvalue weighted by Crippen LogP contribution is -2.15. The Morgan fingerprint density at radius 1 is 0.295 bits per heavy atom. The highest BCUT2D eigenvalue weighted by molar-refractivity contribution is 6.13. The number of benzene rings is 11. The van der Waals surface area contributed by atoms with E-state index in [1.807, 2.05) is 24.3 Å². The molecule has 0 atom stereocenters. The van der Waals surface area contributed by atoms with Crippen molar-refractivity contribution in [2.75, 3.05) is 0 Å². The highest BCUT2D eigenvalue weighted by Crippen LogP contribution is 2.49. The van der Waals surface area contributed by atoms with Crippen LogP contribution in [0.25, 0.3) is 87.6 Å². The molecule has 0 heterocycles. The Hall–Kier alpha value is -7.96. The van der Waals surface area contributed by atoms with E-state index in [2.05, 4.69) is 154 Å². The van der Waals surface area contributed by atoms with Gasteiger partial charge in [-0.15, -0.1) is 0 Å². The van der Waals surface area contributed by atoms with Gasteiger partial charge in [0.2, 0.25) is 0 Å². The van der Waals surface area contributed by atoms with E-state index in [0.29, 0.717) is 43.5 Å². The van der Waals surface area contributed by atoms with Crippen molar-refractivity contribution < 1.29 is 26.3 Å². The summed E-state index contributed by atoms with van der Waals surface area (Å²) in [5.41, 5.74) is 12.0. The van der Waals surface area contributed by atoms with Gasteiger partial charge in [-0.25, -0.2) is 0 Å². The number of halogens is 6. The summed E-state index contributed by atoms with van der Waals surface area (Å²) in [5.74, 6) is 0. The van der Waals surface area contributed by atoms with Crippen molar-refractivity contribution in [3.05, 3.63) is 244 Å². The van der Waals surface area contributed by atoms with E-state index in [0.717, 1.165) is 98.0 Å². The average Bonchev–Trinajstić information content (AvgIpc) is 4.11. The van der Waals surface area contributed by atoms with Crippen molar-refractivity contribution in [2.24, 2.45) is 0 Å². The van der Waals surface area contributed by atoms with Gasteiger partial charge in [-0.05, 0) is 238 Å². The Balaban J connectivity index is 1.33. The maximum absolute atomic E-state index is 14.8. The smallest absolute Gasteiger partial charge is 0.166 e. The molecule has 2 aliphatic carbocycles. The van der Waals surface area contributed by atoms with E-state index in [4.69, 9.17) is 0 Å². The van der Waals surface area contributed by atoms with Gasteiger partial charge in [0, 0.05) is 0 Å². The molecule has 0 nitrogen and oxygen atoms in total. The average molecular weight is 1040 g/mol. The minimum absolute atomic E-state index is 0.102. The van der Waals surface area contributed by atoms with Crippen LogP contribution >= 0.6 is 0 Å². The van der Waals surface area contributed by atoms with Crippen LogP contribution in [-0.2, 0) is 23.2 Å². The van der Waals surface area contributed by atoms with Gasteiger partial charge in [-0.3, -0.25) is 0 Å². The molecule has 0 aromatic heterocycles. The Morgan fingerprint density at radius 2 is 0.603 bits per heavy atom. The van der Waals surface area contributed by atoms with Crippen LogP contribution in [0.2, 0.25) is 0 Å². The summed E-state index contributed by atoms with van der Waals surface area (Å²) in [5, 5.41) is 15.0. The van der Waals surface area contributed by atoms with Gasteiger partial charge in [-0.2, -0.15) is 26.3 Å². The molecule has 0 radical (unpaired) electrons. The number of hydrogen-bond acceptors (Lipinski definition) is 0. The number of rotatable bonds is 4. The summed E-state index contributed by atoms with van der Waals surface area (Å²) in [6, 6.07) is 49.6. The highest BCUT2D eigenvalue weighted by Gasteiger charge is 2.34. The van der Waals surface area contributed by atoms with Crippen LogP contribution < -0.4 is 0 Å².